The maximum atomic E-state index is 14.0. The number of ether oxygens (including phenoxy) is 1. The summed E-state index contributed by atoms with van der Waals surface area (Å²) >= 11 is 0. The Kier molecular flexibility index (Phi) is 9.03. The number of amides is 2. The van der Waals surface area contributed by atoms with Crippen LogP contribution in [0.1, 0.15) is 49.9 Å². The van der Waals surface area contributed by atoms with Crippen molar-refractivity contribution >= 4 is 33.4 Å². The zero-order valence-electron chi connectivity index (χ0n) is 21.5. The molecule has 1 aliphatic rings. The summed E-state index contributed by atoms with van der Waals surface area (Å²) < 4.78 is 74.8. The molecular weight excluding hydrogens is 539 g/mol. The van der Waals surface area contributed by atoms with Crippen LogP contribution in [0.4, 0.5) is 18.9 Å². The first kappa shape index (κ1) is 30.1. The van der Waals surface area contributed by atoms with Crippen molar-refractivity contribution in [3.8, 4) is 0 Å². The third kappa shape index (κ3) is 7.55. The van der Waals surface area contributed by atoms with Crippen LogP contribution in [0.15, 0.2) is 47.4 Å². The lowest BCUT2D eigenvalue weighted by molar-refractivity contribution is -0.140. The number of nitrogen functional groups attached to an aromatic ring is 1. The Bertz CT molecular complexity index is 1340. The van der Waals surface area contributed by atoms with Crippen molar-refractivity contribution in [2.75, 3.05) is 18.4 Å². The average molecular weight is 570 g/mol. The Morgan fingerprint density at radius 3 is 2.23 bits per heavy atom. The van der Waals surface area contributed by atoms with Gasteiger partial charge in [-0.1, -0.05) is 6.07 Å². The van der Waals surface area contributed by atoms with Crippen LogP contribution < -0.4 is 16.4 Å². The molecule has 39 heavy (non-hydrogen) atoms. The van der Waals surface area contributed by atoms with Crippen LogP contribution in [0, 0.1) is 5.41 Å². The molecule has 3 rings (SSSR count). The zero-order valence-corrected chi connectivity index (χ0v) is 22.3. The number of anilines is 1. The van der Waals surface area contributed by atoms with Gasteiger partial charge < -0.3 is 21.1 Å². The molecule has 3 atom stereocenters. The van der Waals surface area contributed by atoms with E-state index in [0.29, 0.717) is 17.3 Å². The van der Waals surface area contributed by atoms with E-state index in [1.165, 1.54) is 37.3 Å². The van der Waals surface area contributed by atoms with Gasteiger partial charge in [0, 0.05) is 24.3 Å². The molecule has 212 valence electrons. The fraction of sp³-hybridized carbons (Fsp3) is 0.400. The minimum atomic E-state index is -4.98. The summed E-state index contributed by atoms with van der Waals surface area (Å²) in [7, 11) is -4.49. The van der Waals surface area contributed by atoms with E-state index in [0.717, 1.165) is 10.4 Å². The molecule has 0 bridgehead atoms. The van der Waals surface area contributed by atoms with Crippen molar-refractivity contribution in [3.05, 3.63) is 59.2 Å². The van der Waals surface area contributed by atoms with Gasteiger partial charge in [0.1, 0.15) is 12.3 Å². The maximum absolute atomic E-state index is 14.0. The number of nitrogens with two attached hydrogens (primary N) is 1. The molecule has 2 amide bonds. The van der Waals surface area contributed by atoms with Crippen molar-refractivity contribution in [2.45, 2.75) is 56.5 Å². The first-order valence-corrected chi connectivity index (χ1v) is 13.4. The van der Waals surface area contributed by atoms with Crippen molar-refractivity contribution in [2.24, 2.45) is 5.73 Å². The lowest BCUT2D eigenvalue weighted by Crippen LogP contribution is -2.48. The minimum absolute atomic E-state index is 0.0126. The van der Waals surface area contributed by atoms with Crippen LogP contribution in [0.3, 0.4) is 0 Å². The quantitative estimate of drug-likeness (QED) is 0.218. The SMILES string of the molecule is CC(NC(=O)CC(=O)Nc1ccc(C(=N)N)cc1)c1ccc(S(=O)(=O)N2C[C@@H](C)O[C@@H](C)C2)c(C(F)(F)F)c1. The van der Waals surface area contributed by atoms with Crippen molar-refractivity contribution < 1.29 is 35.9 Å². The monoisotopic (exact) mass is 569 g/mol. The predicted octanol–water partition coefficient (Wildman–Crippen LogP) is 2.99. The number of morpholine rings is 1. The Balaban J connectivity index is 1.73. The molecule has 1 saturated heterocycles. The number of sulfonamides is 1. The number of nitrogens with zero attached hydrogens (tertiary/aromatic N) is 1. The van der Waals surface area contributed by atoms with E-state index in [1.807, 2.05) is 0 Å². The van der Waals surface area contributed by atoms with Crippen LogP contribution >= 0.6 is 0 Å². The standard InChI is InChI=1S/C25H30F3N5O5S/c1-14-12-33(13-15(2)38-14)39(36,37)21-9-6-18(10-20(21)25(26,27)28)16(3)31-22(34)11-23(35)32-19-7-4-17(5-8-19)24(29)30/h4-10,14-16H,11-13H2,1-3H3,(H3,29,30)(H,31,34)(H,32,35)/t14-,15+,16?. The third-order valence-electron chi connectivity index (χ3n) is 5.99. The molecule has 0 spiro atoms. The van der Waals surface area contributed by atoms with Crippen LogP contribution in [-0.2, 0) is 30.5 Å². The minimum Gasteiger partial charge on any atom is -0.384 e. The van der Waals surface area contributed by atoms with Crippen LogP contribution in [-0.4, -0.2) is 55.7 Å². The van der Waals surface area contributed by atoms with E-state index in [9.17, 15) is 31.2 Å². The summed E-state index contributed by atoms with van der Waals surface area (Å²) in [5.74, 6) is -1.56. The van der Waals surface area contributed by atoms with Crippen molar-refractivity contribution in [1.29, 1.82) is 5.41 Å². The van der Waals surface area contributed by atoms with Gasteiger partial charge in [0.05, 0.1) is 28.7 Å². The Morgan fingerprint density at radius 1 is 1.10 bits per heavy atom. The van der Waals surface area contributed by atoms with Crippen LogP contribution in [0.25, 0.3) is 0 Å². The molecule has 0 radical (unpaired) electrons. The van der Waals surface area contributed by atoms with Gasteiger partial charge in [0.15, 0.2) is 0 Å². The summed E-state index contributed by atoms with van der Waals surface area (Å²) in [4.78, 5) is 23.7. The zero-order chi connectivity index (χ0) is 29.1. The van der Waals surface area contributed by atoms with Gasteiger partial charge in [0.25, 0.3) is 0 Å². The van der Waals surface area contributed by atoms with E-state index in [-0.39, 0.29) is 24.5 Å². The van der Waals surface area contributed by atoms with Gasteiger partial charge in [-0.25, -0.2) is 8.42 Å². The fourth-order valence-electron chi connectivity index (χ4n) is 4.19. The summed E-state index contributed by atoms with van der Waals surface area (Å²) in [5.41, 5.74) is 4.85. The molecule has 1 unspecified atom stereocenters. The van der Waals surface area contributed by atoms with Gasteiger partial charge in [-0.05, 0) is 62.7 Å². The number of rotatable bonds is 8. The summed E-state index contributed by atoms with van der Waals surface area (Å²) in [6.07, 6.45) is -6.55. The Hall–Kier alpha value is -3.49. The van der Waals surface area contributed by atoms with E-state index < -0.39 is 63.1 Å². The highest BCUT2D eigenvalue weighted by Gasteiger charge is 2.41. The number of benzene rings is 2. The molecular formula is C25H30F3N5O5S. The van der Waals surface area contributed by atoms with E-state index in [4.69, 9.17) is 15.9 Å². The molecule has 1 fully saturated rings. The summed E-state index contributed by atoms with van der Waals surface area (Å²) in [6, 6.07) is 7.87. The number of hydrogen-bond acceptors (Lipinski definition) is 6. The number of alkyl halides is 3. The highest BCUT2D eigenvalue weighted by Crippen LogP contribution is 2.37. The van der Waals surface area contributed by atoms with E-state index in [1.54, 1.807) is 13.8 Å². The smallest absolute Gasteiger partial charge is 0.384 e. The molecule has 0 aromatic heterocycles. The number of nitrogens with one attached hydrogen (secondary N) is 3. The highest BCUT2D eigenvalue weighted by molar-refractivity contribution is 7.89. The summed E-state index contributed by atoms with van der Waals surface area (Å²) in [5, 5.41) is 12.3. The first-order valence-electron chi connectivity index (χ1n) is 12.0. The normalized spacial score (nSPS) is 19.2. The first-order chi connectivity index (χ1) is 18.1. The molecule has 14 heteroatoms. The van der Waals surface area contributed by atoms with Gasteiger partial charge in [-0.2, -0.15) is 17.5 Å². The number of amidine groups is 1. The van der Waals surface area contributed by atoms with Crippen molar-refractivity contribution in [3.63, 3.8) is 0 Å². The largest absolute Gasteiger partial charge is 0.417 e. The fourth-order valence-corrected chi connectivity index (χ4v) is 5.97. The molecule has 0 aliphatic carbocycles. The van der Waals surface area contributed by atoms with Crippen LogP contribution in [0.2, 0.25) is 0 Å². The molecule has 0 saturated carbocycles. The average Bonchev–Trinajstić information content (AvgIpc) is 2.82. The van der Waals surface area contributed by atoms with Crippen molar-refractivity contribution in [1.82, 2.24) is 9.62 Å². The number of halogens is 3. The third-order valence-corrected chi connectivity index (χ3v) is 7.88. The molecule has 1 aliphatic heterocycles. The van der Waals surface area contributed by atoms with E-state index >= 15 is 0 Å². The lowest BCUT2D eigenvalue weighted by atomic mass is 10.0. The highest BCUT2D eigenvalue weighted by atomic mass is 32.2. The Labute approximate surface area is 224 Å². The molecule has 5 N–H and O–H groups in total. The second-order valence-corrected chi connectivity index (χ2v) is 11.2. The van der Waals surface area contributed by atoms with Gasteiger partial charge in [-0.3, -0.25) is 15.0 Å². The van der Waals surface area contributed by atoms with Gasteiger partial charge >= 0.3 is 6.18 Å². The number of carbonyl (C=O) groups excluding carboxylic acids is 2. The van der Waals surface area contributed by atoms with Gasteiger partial charge in [0.2, 0.25) is 21.8 Å². The topological polar surface area (TPSA) is 155 Å². The van der Waals surface area contributed by atoms with E-state index in [2.05, 4.69) is 10.6 Å². The van der Waals surface area contributed by atoms with Gasteiger partial charge in [-0.15, -0.1) is 0 Å². The maximum Gasteiger partial charge on any atom is 0.417 e. The number of carbonyl (C=O) groups is 2. The number of hydrogen-bond donors (Lipinski definition) is 4. The summed E-state index contributed by atoms with van der Waals surface area (Å²) in [6.45, 7) is 4.54. The molecule has 10 nitrogen and oxygen atoms in total. The molecule has 1 heterocycles. The molecule has 2 aromatic rings. The second-order valence-electron chi connectivity index (χ2n) is 9.34. The second kappa shape index (κ2) is 11.7. The molecule has 2 aromatic carbocycles. The predicted molar refractivity (Wildman–Crippen MR) is 137 cm³/mol. The Morgan fingerprint density at radius 2 is 1.69 bits per heavy atom. The van der Waals surface area contributed by atoms with Crippen LogP contribution in [0.5, 0.6) is 0 Å². The lowest BCUT2D eigenvalue weighted by Gasteiger charge is -2.35.